The number of morpholine rings is 1. The standard InChI is InChI=1S/C32H27N7O.3ClH/c1-2-4-24(5-3-1)37-31-27-18-22(6-12-29(27)33-20-35-31)23-7-13-30-28(19-23)32(36-21-34-30)38-25-8-10-26(11-9-25)39-14-16-40-17-15-39;;;/h1-13,18-21H,14-17H2,(H,33,35,37)(H,34,36,38);3*1H. The predicted octanol–water partition coefficient (Wildman–Crippen LogP) is 7.83. The Hall–Kier alpha value is -4.21. The zero-order valence-corrected chi connectivity index (χ0v) is 25.5. The molecule has 0 aliphatic carbocycles. The van der Waals surface area contributed by atoms with Crippen molar-refractivity contribution in [1.82, 2.24) is 19.9 Å². The normalized spacial score (nSPS) is 12.5. The van der Waals surface area contributed by atoms with Gasteiger partial charge in [0.1, 0.15) is 24.3 Å². The summed E-state index contributed by atoms with van der Waals surface area (Å²) in [4.78, 5) is 20.4. The van der Waals surface area contributed by atoms with Crippen molar-refractivity contribution in [1.29, 1.82) is 0 Å². The van der Waals surface area contributed by atoms with Gasteiger partial charge in [0.15, 0.2) is 0 Å². The lowest BCUT2D eigenvalue weighted by atomic mass is 10.0. The molecule has 1 aliphatic rings. The first-order valence-corrected chi connectivity index (χ1v) is 13.3. The number of aromatic nitrogens is 4. The summed E-state index contributed by atoms with van der Waals surface area (Å²) in [5, 5.41) is 8.82. The van der Waals surface area contributed by atoms with Gasteiger partial charge >= 0.3 is 0 Å². The van der Waals surface area contributed by atoms with Gasteiger partial charge in [-0.2, -0.15) is 0 Å². The van der Waals surface area contributed by atoms with Crippen LogP contribution in [-0.2, 0) is 4.74 Å². The molecule has 2 N–H and O–H groups in total. The van der Waals surface area contributed by atoms with E-state index in [0.29, 0.717) is 0 Å². The fraction of sp³-hybridized carbons (Fsp3) is 0.125. The predicted molar refractivity (Wildman–Crippen MR) is 182 cm³/mol. The summed E-state index contributed by atoms with van der Waals surface area (Å²) in [6, 6.07) is 31.0. The highest BCUT2D eigenvalue weighted by molar-refractivity contribution is 5.97. The van der Waals surface area contributed by atoms with E-state index < -0.39 is 0 Å². The van der Waals surface area contributed by atoms with Crippen LogP contribution >= 0.6 is 37.2 Å². The molecule has 6 aromatic rings. The fourth-order valence-corrected chi connectivity index (χ4v) is 5.04. The van der Waals surface area contributed by atoms with E-state index in [2.05, 4.69) is 84.0 Å². The summed E-state index contributed by atoms with van der Waals surface area (Å²) >= 11 is 0. The van der Waals surface area contributed by atoms with Gasteiger partial charge in [-0.1, -0.05) is 30.3 Å². The van der Waals surface area contributed by atoms with Gasteiger partial charge in [0, 0.05) is 40.9 Å². The quantitative estimate of drug-likeness (QED) is 0.192. The highest BCUT2D eigenvalue weighted by atomic mass is 35.5. The number of fused-ring (bicyclic) bond motifs is 2. The molecule has 0 atom stereocenters. The first kappa shape index (κ1) is 31.7. The lowest BCUT2D eigenvalue weighted by Crippen LogP contribution is -2.36. The zero-order chi connectivity index (χ0) is 26.7. The summed E-state index contributed by atoms with van der Waals surface area (Å²) in [7, 11) is 0. The highest BCUT2D eigenvalue weighted by Crippen LogP contribution is 2.32. The van der Waals surface area contributed by atoms with Crippen LogP contribution in [0, 0.1) is 0 Å². The molecule has 0 spiro atoms. The second kappa shape index (κ2) is 14.3. The average Bonchev–Trinajstić information content (AvgIpc) is 3.02. The third-order valence-corrected chi connectivity index (χ3v) is 7.15. The maximum Gasteiger partial charge on any atom is 0.141 e. The van der Waals surface area contributed by atoms with Crippen LogP contribution in [0.15, 0.2) is 104 Å². The lowest BCUT2D eigenvalue weighted by Gasteiger charge is -2.28. The molecule has 1 fully saturated rings. The summed E-state index contributed by atoms with van der Waals surface area (Å²) in [5.74, 6) is 1.53. The van der Waals surface area contributed by atoms with Crippen LogP contribution < -0.4 is 15.5 Å². The fourth-order valence-electron chi connectivity index (χ4n) is 5.04. The second-order valence-electron chi connectivity index (χ2n) is 9.67. The molecule has 0 unspecified atom stereocenters. The Balaban J connectivity index is 0.00000141. The van der Waals surface area contributed by atoms with Crippen molar-refractivity contribution in [2.45, 2.75) is 0 Å². The van der Waals surface area contributed by atoms with Gasteiger partial charge in [-0.05, 0) is 71.8 Å². The molecule has 43 heavy (non-hydrogen) atoms. The van der Waals surface area contributed by atoms with Gasteiger partial charge in [0.05, 0.1) is 24.2 Å². The average molecular weight is 635 g/mol. The van der Waals surface area contributed by atoms with E-state index in [0.717, 1.165) is 82.2 Å². The third-order valence-electron chi connectivity index (χ3n) is 7.15. The van der Waals surface area contributed by atoms with Crippen molar-refractivity contribution in [2.24, 2.45) is 0 Å². The van der Waals surface area contributed by atoms with E-state index in [4.69, 9.17) is 4.74 Å². The minimum atomic E-state index is 0. The zero-order valence-electron chi connectivity index (χ0n) is 23.0. The van der Waals surface area contributed by atoms with Crippen molar-refractivity contribution in [3.63, 3.8) is 0 Å². The number of halogens is 3. The van der Waals surface area contributed by atoms with Crippen LogP contribution in [0.3, 0.4) is 0 Å². The van der Waals surface area contributed by atoms with Crippen molar-refractivity contribution in [3.8, 4) is 11.1 Å². The molecule has 1 saturated heterocycles. The smallest absolute Gasteiger partial charge is 0.141 e. The Bertz CT molecular complexity index is 1800. The summed E-state index contributed by atoms with van der Waals surface area (Å²) < 4.78 is 5.48. The SMILES string of the molecule is Cl.Cl.Cl.c1ccc(Nc2ncnc3ccc(-c4ccc5ncnc(Nc6ccc(N7CCOCC7)cc6)c5c4)cc23)cc1. The van der Waals surface area contributed by atoms with Gasteiger partial charge in [0.2, 0.25) is 0 Å². The van der Waals surface area contributed by atoms with Crippen LogP contribution in [0.5, 0.6) is 0 Å². The van der Waals surface area contributed by atoms with Crippen LogP contribution in [0.1, 0.15) is 0 Å². The number of para-hydroxylation sites is 1. The molecule has 220 valence electrons. The van der Waals surface area contributed by atoms with E-state index in [-0.39, 0.29) is 37.2 Å². The summed E-state index contributed by atoms with van der Waals surface area (Å²) in [6.07, 6.45) is 3.19. The molecular formula is C32H30Cl3N7O. The number of rotatable bonds is 6. The summed E-state index contributed by atoms with van der Waals surface area (Å²) in [6.45, 7) is 3.36. The highest BCUT2D eigenvalue weighted by Gasteiger charge is 2.12. The molecule has 4 aromatic carbocycles. The third kappa shape index (κ3) is 6.89. The summed E-state index contributed by atoms with van der Waals surface area (Å²) in [5.41, 5.74) is 7.02. The lowest BCUT2D eigenvalue weighted by molar-refractivity contribution is 0.122. The van der Waals surface area contributed by atoms with Gasteiger partial charge in [0.25, 0.3) is 0 Å². The van der Waals surface area contributed by atoms with Gasteiger partial charge in [-0.15, -0.1) is 37.2 Å². The van der Waals surface area contributed by atoms with Crippen molar-refractivity contribution in [3.05, 3.63) is 104 Å². The Morgan fingerprint density at radius 1 is 0.558 bits per heavy atom. The monoisotopic (exact) mass is 633 g/mol. The van der Waals surface area contributed by atoms with Crippen LogP contribution in [-0.4, -0.2) is 46.2 Å². The molecule has 0 saturated carbocycles. The molecule has 7 rings (SSSR count). The first-order chi connectivity index (χ1) is 19.8. The number of hydrogen-bond donors (Lipinski definition) is 2. The number of anilines is 5. The van der Waals surface area contributed by atoms with Gasteiger partial charge in [-0.25, -0.2) is 19.9 Å². The minimum absolute atomic E-state index is 0. The van der Waals surface area contributed by atoms with E-state index in [1.54, 1.807) is 12.7 Å². The maximum atomic E-state index is 5.48. The molecule has 1 aliphatic heterocycles. The van der Waals surface area contributed by atoms with Crippen molar-refractivity contribution >= 4 is 87.7 Å². The molecule has 8 nitrogen and oxygen atoms in total. The molecule has 0 radical (unpaired) electrons. The number of benzene rings is 4. The molecule has 11 heteroatoms. The molecule has 3 heterocycles. The van der Waals surface area contributed by atoms with Crippen molar-refractivity contribution < 1.29 is 4.74 Å². The van der Waals surface area contributed by atoms with Gasteiger partial charge < -0.3 is 20.3 Å². The Labute approximate surface area is 268 Å². The van der Waals surface area contributed by atoms with E-state index in [1.807, 2.05) is 42.5 Å². The molecular weight excluding hydrogens is 605 g/mol. The largest absolute Gasteiger partial charge is 0.378 e. The van der Waals surface area contributed by atoms with E-state index in [9.17, 15) is 0 Å². The number of nitrogens with zero attached hydrogens (tertiary/aromatic N) is 5. The molecule has 0 bridgehead atoms. The topological polar surface area (TPSA) is 88.1 Å². The number of nitrogens with one attached hydrogen (secondary N) is 2. The first-order valence-electron chi connectivity index (χ1n) is 13.3. The maximum absolute atomic E-state index is 5.48. The van der Waals surface area contributed by atoms with Crippen LogP contribution in [0.2, 0.25) is 0 Å². The number of ether oxygens (including phenoxy) is 1. The van der Waals surface area contributed by atoms with Gasteiger partial charge in [-0.3, -0.25) is 0 Å². The molecule has 2 aromatic heterocycles. The Morgan fingerprint density at radius 2 is 1.07 bits per heavy atom. The number of hydrogen-bond acceptors (Lipinski definition) is 8. The van der Waals surface area contributed by atoms with Crippen LogP contribution in [0.25, 0.3) is 32.9 Å². The Morgan fingerprint density at radius 3 is 1.60 bits per heavy atom. The molecule has 0 amide bonds. The van der Waals surface area contributed by atoms with E-state index >= 15 is 0 Å². The van der Waals surface area contributed by atoms with Crippen molar-refractivity contribution in [2.75, 3.05) is 41.8 Å². The minimum Gasteiger partial charge on any atom is -0.378 e. The Kier molecular flexibility index (Phi) is 10.6. The second-order valence-corrected chi connectivity index (χ2v) is 9.67. The van der Waals surface area contributed by atoms with E-state index in [1.165, 1.54) is 5.69 Å². The van der Waals surface area contributed by atoms with Crippen LogP contribution in [0.4, 0.5) is 28.7 Å².